The van der Waals surface area contributed by atoms with Gasteiger partial charge in [-0.05, 0) is 46.7 Å². The van der Waals surface area contributed by atoms with E-state index in [4.69, 9.17) is 9.47 Å². The molecule has 0 aliphatic heterocycles. The molecule has 3 aromatic rings. The molecule has 0 atom stereocenters. The van der Waals surface area contributed by atoms with Crippen LogP contribution in [0.3, 0.4) is 0 Å². The fourth-order valence-electron chi connectivity index (χ4n) is 2.65. The molecule has 2 aromatic heterocycles. The number of amides is 1. The van der Waals surface area contributed by atoms with Crippen molar-refractivity contribution in [1.29, 1.82) is 0 Å². The fourth-order valence-corrected chi connectivity index (χ4v) is 3.98. The zero-order valence-electron chi connectivity index (χ0n) is 15.3. The summed E-state index contributed by atoms with van der Waals surface area (Å²) in [5.41, 5.74) is 0.988. The number of methoxy groups -OCH3 is 2. The van der Waals surface area contributed by atoms with Crippen LogP contribution >= 0.6 is 22.7 Å². The summed E-state index contributed by atoms with van der Waals surface area (Å²) in [6, 6.07) is 13.7. The van der Waals surface area contributed by atoms with Crippen LogP contribution in [-0.4, -0.2) is 25.0 Å². The Morgan fingerprint density at radius 1 is 1.00 bits per heavy atom. The van der Waals surface area contributed by atoms with Gasteiger partial charge in [0.1, 0.15) is 0 Å². The monoisotopic (exact) mass is 399 g/mol. The van der Waals surface area contributed by atoms with Gasteiger partial charge in [-0.15, -0.1) is 22.7 Å². The van der Waals surface area contributed by atoms with Gasteiger partial charge in [-0.1, -0.05) is 18.2 Å². The van der Waals surface area contributed by atoms with Crippen molar-refractivity contribution in [3.05, 3.63) is 74.6 Å². The summed E-state index contributed by atoms with van der Waals surface area (Å²) >= 11 is 3.26. The predicted molar refractivity (Wildman–Crippen MR) is 111 cm³/mol. The highest BCUT2D eigenvalue weighted by molar-refractivity contribution is 7.10. The average Bonchev–Trinajstić information content (AvgIpc) is 3.39. The Balaban J connectivity index is 1.80. The van der Waals surface area contributed by atoms with Crippen LogP contribution in [0.4, 0.5) is 0 Å². The second-order valence-electron chi connectivity index (χ2n) is 5.81. The van der Waals surface area contributed by atoms with Crippen molar-refractivity contribution in [3.63, 3.8) is 0 Å². The molecule has 3 rings (SSSR count). The van der Waals surface area contributed by atoms with Gasteiger partial charge < -0.3 is 14.4 Å². The molecule has 1 aromatic carbocycles. The Labute approximate surface area is 167 Å². The van der Waals surface area contributed by atoms with Crippen molar-refractivity contribution in [1.82, 2.24) is 4.90 Å². The Morgan fingerprint density at radius 2 is 1.78 bits per heavy atom. The van der Waals surface area contributed by atoms with E-state index in [1.807, 2.05) is 64.2 Å². The summed E-state index contributed by atoms with van der Waals surface area (Å²) in [6.45, 7) is 1.06. The predicted octanol–water partition coefficient (Wildman–Crippen LogP) is 5.07. The molecule has 0 saturated heterocycles. The van der Waals surface area contributed by atoms with Gasteiger partial charge in [0.15, 0.2) is 11.5 Å². The molecule has 4 nitrogen and oxygen atoms in total. The SMILES string of the molecule is COc1ccc(CN(Cc2cccs2)C(=O)/C=C/c2cccs2)cc1OC. The highest BCUT2D eigenvalue weighted by atomic mass is 32.1. The summed E-state index contributed by atoms with van der Waals surface area (Å²) in [4.78, 5) is 16.9. The van der Waals surface area contributed by atoms with Crippen LogP contribution in [0.15, 0.2) is 59.3 Å². The van der Waals surface area contributed by atoms with Gasteiger partial charge >= 0.3 is 0 Å². The Morgan fingerprint density at radius 3 is 2.44 bits per heavy atom. The first kappa shape index (κ1) is 19.2. The number of carbonyl (C=O) groups is 1. The number of rotatable bonds is 8. The van der Waals surface area contributed by atoms with Crippen LogP contribution in [-0.2, 0) is 17.9 Å². The maximum atomic E-state index is 12.8. The van der Waals surface area contributed by atoms with Crippen LogP contribution in [0.5, 0.6) is 11.5 Å². The van der Waals surface area contributed by atoms with Gasteiger partial charge in [0, 0.05) is 22.4 Å². The van der Waals surface area contributed by atoms with E-state index in [1.54, 1.807) is 43.0 Å². The molecule has 2 heterocycles. The zero-order valence-corrected chi connectivity index (χ0v) is 16.9. The second-order valence-corrected chi connectivity index (χ2v) is 7.82. The van der Waals surface area contributed by atoms with Crippen molar-refractivity contribution in [3.8, 4) is 11.5 Å². The minimum Gasteiger partial charge on any atom is -0.493 e. The molecular weight excluding hydrogens is 378 g/mol. The van der Waals surface area contributed by atoms with Crippen LogP contribution in [0.2, 0.25) is 0 Å². The van der Waals surface area contributed by atoms with Gasteiger partial charge in [0.2, 0.25) is 5.91 Å². The Hall–Kier alpha value is -2.57. The standard InChI is InChI=1S/C21H21NO3S2/c1-24-19-9-7-16(13-20(19)25-2)14-22(15-18-6-4-12-27-18)21(23)10-8-17-5-3-11-26-17/h3-13H,14-15H2,1-2H3/b10-8+. The minimum absolute atomic E-state index is 0.0217. The zero-order chi connectivity index (χ0) is 19.1. The molecule has 0 unspecified atom stereocenters. The summed E-state index contributed by atoms with van der Waals surface area (Å²) in [5.74, 6) is 1.31. The lowest BCUT2D eigenvalue weighted by Gasteiger charge is -2.21. The molecule has 0 aliphatic carbocycles. The third-order valence-corrected chi connectivity index (χ3v) is 5.69. The van der Waals surface area contributed by atoms with E-state index in [0.717, 1.165) is 15.3 Å². The smallest absolute Gasteiger partial charge is 0.247 e. The molecule has 0 radical (unpaired) electrons. The average molecular weight is 400 g/mol. The Bertz CT molecular complexity index is 886. The van der Waals surface area contributed by atoms with Crippen molar-refractivity contribution in [2.45, 2.75) is 13.1 Å². The van der Waals surface area contributed by atoms with Gasteiger partial charge in [-0.25, -0.2) is 0 Å². The van der Waals surface area contributed by atoms with E-state index in [1.165, 1.54) is 0 Å². The molecule has 0 spiro atoms. The quantitative estimate of drug-likeness (QED) is 0.497. The number of hydrogen-bond donors (Lipinski definition) is 0. The summed E-state index contributed by atoms with van der Waals surface area (Å²) < 4.78 is 10.7. The van der Waals surface area contributed by atoms with Crippen molar-refractivity contribution < 1.29 is 14.3 Å². The van der Waals surface area contributed by atoms with Crippen LogP contribution in [0, 0.1) is 0 Å². The molecule has 6 heteroatoms. The first-order valence-electron chi connectivity index (χ1n) is 8.43. The lowest BCUT2D eigenvalue weighted by molar-refractivity contribution is -0.127. The molecule has 0 fully saturated rings. The largest absolute Gasteiger partial charge is 0.493 e. The lowest BCUT2D eigenvalue weighted by Crippen LogP contribution is -2.28. The normalized spacial score (nSPS) is 10.9. The molecule has 1 amide bonds. The number of thiophene rings is 2. The summed E-state index contributed by atoms with van der Waals surface area (Å²) in [6.07, 6.45) is 3.50. The van der Waals surface area contributed by atoms with Gasteiger partial charge in [-0.3, -0.25) is 4.79 Å². The first-order chi connectivity index (χ1) is 13.2. The van der Waals surface area contributed by atoms with Crippen molar-refractivity contribution >= 4 is 34.7 Å². The number of ether oxygens (including phenoxy) is 2. The first-order valence-corrected chi connectivity index (χ1v) is 10.2. The second kappa shape index (κ2) is 9.39. The summed E-state index contributed by atoms with van der Waals surface area (Å²) in [5, 5.41) is 4.02. The van der Waals surface area contributed by atoms with Crippen molar-refractivity contribution in [2.24, 2.45) is 0 Å². The van der Waals surface area contributed by atoms with E-state index < -0.39 is 0 Å². The molecule has 0 aliphatic rings. The lowest BCUT2D eigenvalue weighted by atomic mass is 10.1. The molecule has 0 N–H and O–H groups in total. The highest BCUT2D eigenvalue weighted by Gasteiger charge is 2.14. The van der Waals surface area contributed by atoms with Crippen LogP contribution in [0.1, 0.15) is 15.3 Å². The number of carbonyl (C=O) groups excluding carboxylic acids is 1. The topological polar surface area (TPSA) is 38.8 Å². The van der Waals surface area contributed by atoms with E-state index in [0.29, 0.717) is 24.6 Å². The molecule has 140 valence electrons. The third-order valence-electron chi connectivity index (χ3n) is 3.99. The van der Waals surface area contributed by atoms with Crippen molar-refractivity contribution in [2.75, 3.05) is 14.2 Å². The van der Waals surface area contributed by atoms with Crippen LogP contribution < -0.4 is 9.47 Å². The minimum atomic E-state index is -0.0217. The fraction of sp³-hybridized carbons (Fsp3) is 0.190. The number of hydrogen-bond acceptors (Lipinski definition) is 5. The number of benzene rings is 1. The summed E-state index contributed by atoms with van der Waals surface area (Å²) in [7, 11) is 3.22. The van der Waals surface area contributed by atoms with E-state index >= 15 is 0 Å². The molecule has 0 bridgehead atoms. The van der Waals surface area contributed by atoms with Gasteiger partial charge in [-0.2, -0.15) is 0 Å². The maximum absolute atomic E-state index is 12.8. The van der Waals surface area contributed by atoms with E-state index in [2.05, 4.69) is 0 Å². The van der Waals surface area contributed by atoms with Gasteiger partial charge in [0.25, 0.3) is 0 Å². The third kappa shape index (κ3) is 5.21. The molecule has 0 saturated carbocycles. The van der Waals surface area contributed by atoms with Gasteiger partial charge in [0.05, 0.1) is 20.8 Å². The number of nitrogens with zero attached hydrogens (tertiary/aromatic N) is 1. The Kier molecular flexibility index (Phi) is 6.68. The maximum Gasteiger partial charge on any atom is 0.247 e. The molecule has 27 heavy (non-hydrogen) atoms. The van der Waals surface area contributed by atoms with E-state index in [9.17, 15) is 4.79 Å². The van der Waals surface area contributed by atoms with Crippen LogP contribution in [0.25, 0.3) is 6.08 Å². The molecular formula is C21H21NO3S2. The van der Waals surface area contributed by atoms with E-state index in [-0.39, 0.29) is 5.91 Å². The highest BCUT2D eigenvalue weighted by Crippen LogP contribution is 2.28.